The molecule has 0 bridgehead atoms. The van der Waals surface area contributed by atoms with Crippen molar-refractivity contribution in [1.29, 1.82) is 0 Å². The summed E-state index contributed by atoms with van der Waals surface area (Å²) >= 11 is 0. The second-order valence-corrected chi connectivity index (χ2v) is 5.15. The van der Waals surface area contributed by atoms with Crippen molar-refractivity contribution in [3.8, 4) is 0 Å². The predicted octanol–water partition coefficient (Wildman–Crippen LogP) is 1.54. The number of aromatic nitrogens is 1. The van der Waals surface area contributed by atoms with Gasteiger partial charge in [0.05, 0.1) is 0 Å². The first kappa shape index (κ1) is 12.2. The van der Waals surface area contributed by atoms with Crippen LogP contribution in [0.3, 0.4) is 0 Å². The van der Waals surface area contributed by atoms with Gasteiger partial charge in [0.2, 0.25) is 0 Å². The molecular formula is C13H21N3O. The first-order valence-electron chi connectivity index (χ1n) is 6.30. The Balaban J connectivity index is 1.93. The van der Waals surface area contributed by atoms with E-state index in [2.05, 4.69) is 23.7 Å². The van der Waals surface area contributed by atoms with E-state index < -0.39 is 0 Å². The summed E-state index contributed by atoms with van der Waals surface area (Å²) in [6, 6.07) is 4.34. The second-order valence-electron chi connectivity index (χ2n) is 5.15. The minimum atomic E-state index is -0.0157. The molecule has 1 amide bonds. The molecule has 0 saturated heterocycles. The lowest BCUT2D eigenvalue weighted by molar-refractivity contribution is 0.0940. The summed E-state index contributed by atoms with van der Waals surface area (Å²) in [5.41, 5.74) is 6.66. The summed E-state index contributed by atoms with van der Waals surface area (Å²) in [7, 11) is 0. The fourth-order valence-corrected chi connectivity index (χ4v) is 1.79. The number of carbonyl (C=O) groups excluding carboxylic acids is 1. The largest absolute Gasteiger partial charge is 0.349 e. The molecule has 0 aromatic carbocycles. The fraction of sp³-hybridized carbons (Fsp3) is 0.615. The fourth-order valence-electron chi connectivity index (χ4n) is 1.79. The van der Waals surface area contributed by atoms with E-state index in [-0.39, 0.29) is 11.9 Å². The average Bonchev–Trinajstić information content (AvgIpc) is 3.03. The minimum Gasteiger partial charge on any atom is -0.349 e. The first-order valence-corrected chi connectivity index (χ1v) is 6.30. The van der Waals surface area contributed by atoms with Crippen LogP contribution in [0, 0.1) is 5.92 Å². The zero-order valence-electron chi connectivity index (χ0n) is 10.5. The van der Waals surface area contributed by atoms with Gasteiger partial charge < -0.3 is 15.6 Å². The lowest BCUT2D eigenvalue weighted by Gasteiger charge is -2.16. The van der Waals surface area contributed by atoms with Gasteiger partial charge >= 0.3 is 0 Å². The van der Waals surface area contributed by atoms with Crippen LogP contribution in [0.1, 0.15) is 43.2 Å². The van der Waals surface area contributed by atoms with E-state index in [1.54, 1.807) is 0 Å². The van der Waals surface area contributed by atoms with Gasteiger partial charge in [-0.2, -0.15) is 0 Å². The molecule has 94 valence electrons. The highest BCUT2D eigenvalue weighted by Crippen LogP contribution is 2.35. The second kappa shape index (κ2) is 4.92. The summed E-state index contributed by atoms with van der Waals surface area (Å²) in [6.07, 6.45) is 4.34. The Morgan fingerprint density at radius 2 is 2.29 bits per heavy atom. The molecule has 17 heavy (non-hydrogen) atoms. The number of hydrogen-bond acceptors (Lipinski definition) is 2. The Morgan fingerprint density at radius 1 is 1.59 bits per heavy atom. The van der Waals surface area contributed by atoms with Crippen LogP contribution in [-0.2, 0) is 0 Å². The standard InChI is InChI=1S/C13H21N3O/c1-9(2)11(14)8-15-13(17)12-4-3-7-16(12)10-5-6-10/h3-4,7,9-11H,5-6,8,14H2,1-2H3,(H,15,17). The van der Waals surface area contributed by atoms with Gasteiger partial charge in [-0.05, 0) is 30.9 Å². The van der Waals surface area contributed by atoms with Gasteiger partial charge in [0.25, 0.3) is 5.91 Å². The molecule has 1 aliphatic carbocycles. The van der Waals surface area contributed by atoms with Crippen LogP contribution in [0.15, 0.2) is 18.3 Å². The quantitative estimate of drug-likeness (QED) is 0.813. The predicted molar refractivity (Wildman–Crippen MR) is 67.8 cm³/mol. The van der Waals surface area contributed by atoms with E-state index in [0.717, 1.165) is 5.69 Å². The molecular weight excluding hydrogens is 214 g/mol. The number of nitrogens with zero attached hydrogens (tertiary/aromatic N) is 1. The summed E-state index contributed by atoms with van der Waals surface area (Å²) in [4.78, 5) is 12.0. The summed E-state index contributed by atoms with van der Waals surface area (Å²) < 4.78 is 2.07. The molecule has 1 aliphatic rings. The molecule has 1 saturated carbocycles. The van der Waals surface area contributed by atoms with Crippen molar-refractivity contribution in [2.75, 3.05) is 6.54 Å². The van der Waals surface area contributed by atoms with Crippen molar-refractivity contribution in [1.82, 2.24) is 9.88 Å². The van der Waals surface area contributed by atoms with Crippen LogP contribution in [0.4, 0.5) is 0 Å². The van der Waals surface area contributed by atoms with Crippen molar-refractivity contribution in [3.05, 3.63) is 24.0 Å². The number of nitrogens with two attached hydrogens (primary N) is 1. The van der Waals surface area contributed by atoms with Crippen molar-refractivity contribution in [3.63, 3.8) is 0 Å². The molecule has 0 aliphatic heterocycles. The van der Waals surface area contributed by atoms with Gasteiger partial charge in [-0.25, -0.2) is 0 Å². The number of carbonyl (C=O) groups is 1. The monoisotopic (exact) mass is 235 g/mol. The lowest BCUT2D eigenvalue weighted by atomic mass is 10.1. The van der Waals surface area contributed by atoms with Crippen LogP contribution in [0.5, 0.6) is 0 Å². The zero-order valence-corrected chi connectivity index (χ0v) is 10.5. The minimum absolute atomic E-state index is 0.0157. The summed E-state index contributed by atoms with van der Waals surface area (Å²) in [5, 5.41) is 2.90. The highest BCUT2D eigenvalue weighted by atomic mass is 16.1. The van der Waals surface area contributed by atoms with E-state index >= 15 is 0 Å². The first-order chi connectivity index (χ1) is 8.09. The number of rotatable bonds is 5. The third-order valence-corrected chi connectivity index (χ3v) is 3.31. The third kappa shape index (κ3) is 2.88. The maximum absolute atomic E-state index is 12.0. The summed E-state index contributed by atoms with van der Waals surface area (Å²) in [5.74, 6) is 0.364. The molecule has 2 rings (SSSR count). The Morgan fingerprint density at radius 3 is 2.88 bits per heavy atom. The molecule has 1 fully saturated rings. The van der Waals surface area contributed by atoms with E-state index in [1.165, 1.54) is 12.8 Å². The maximum Gasteiger partial charge on any atom is 0.267 e. The third-order valence-electron chi connectivity index (χ3n) is 3.31. The van der Waals surface area contributed by atoms with E-state index in [9.17, 15) is 4.79 Å². The van der Waals surface area contributed by atoms with Gasteiger partial charge in [0.1, 0.15) is 5.69 Å². The molecule has 0 spiro atoms. The van der Waals surface area contributed by atoms with Gasteiger partial charge in [-0.1, -0.05) is 13.8 Å². The van der Waals surface area contributed by atoms with Crippen LogP contribution >= 0.6 is 0 Å². The van der Waals surface area contributed by atoms with Gasteiger partial charge in [-0.15, -0.1) is 0 Å². The van der Waals surface area contributed by atoms with Crippen LogP contribution in [0.2, 0.25) is 0 Å². The zero-order chi connectivity index (χ0) is 12.4. The van der Waals surface area contributed by atoms with Gasteiger partial charge in [-0.3, -0.25) is 4.79 Å². The molecule has 1 aromatic rings. The molecule has 4 nitrogen and oxygen atoms in total. The maximum atomic E-state index is 12.0. The van der Waals surface area contributed by atoms with Crippen molar-refractivity contribution >= 4 is 5.91 Å². The highest BCUT2D eigenvalue weighted by Gasteiger charge is 2.26. The number of amides is 1. The summed E-state index contributed by atoms with van der Waals surface area (Å²) in [6.45, 7) is 4.65. The smallest absolute Gasteiger partial charge is 0.267 e. The topological polar surface area (TPSA) is 60.0 Å². The average molecular weight is 235 g/mol. The Hall–Kier alpha value is -1.29. The number of nitrogens with one attached hydrogen (secondary N) is 1. The number of hydrogen-bond donors (Lipinski definition) is 2. The molecule has 1 unspecified atom stereocenters. The van der Waals surface area contributed by atoms with E-state index in [4.69, 9.17) is 5.73 Å². The highest BCUT2D eigenvalue weighted by molar-refractivity contribution is 5.92. The molecule has 1 atom stereocenters. The van der Waals surface area contributed by atoms with Crippen LogP contribution in [0.25, 0.3) is 0 Å². The van der Waals surface area contributed by atoms with Gasteiger partial charge in [0.15, 0.2) is 0 Å². The van der Waals surface area contributed by atoms with Crippen molar-refractivity contribution in [2.24, 2.45) is 11.7 Å². The van der Waals surface area contributed by atoms with Crippen LogP contribution < -0.4 is 11.1 Å². The van der Waals surface area contributed by atoms with Crippen LogP contribution in [-0.4, -0.2) is 23.1 Å². The van der Waals surface area contributed by atoms with Gasteiger partial charge in [0, 0.05) is 24.8 Å². The molecule has 3 N–H and O–H groups in total. The van der Waals surface area contributed by atoms with E-state index in [0.29, 0.717) is 18.5 Å². The Kier molecular flexibility index (Phi) is 3.52. The molecule has 1 heterocycles. The Labute approximate surface area is 102 Å². The lowest BCUT2D eigenvalue weighted by Crippen LogP contribution is -2.40. The normalized spacial score (nSPS) is 17.2. The molecule has 1 aromatic heterocycles. The van der Waals surface area contributed by atoms with Crippen molar-refractivity contribution in [2.45, 2.75) is 38.8 Å². The Bertz CT molecular complexity index is 393. The van der Waals surface area contributed by atoms with Crippen molar-refractivity contribution < 1.29 is 4.79 Å². The SMILES string of the molecule is CC(C)C(N)CNC(=O)c1cccn1C1CC1. The van der Waals surface area contributed by atoms with E-state index in [1.807, 2.05) is 18.3 Å². The molecule has 0 radical (unpaired) electrons. The molecule has 4 heteroatoms.